The standard InChI is InChI=1S/C40H78NO7P/c1-6-8-10-12-14-16-18-20-21-22-23-25-27-29-31-33-40(42)48-39(38-47-49(43,44)46-36-34-41(3,4)5)37-45-35-32-30-28-26-24-19-17-15-13-11-9-7-2/h13,15,20-21,39H,6-12,14,16-19,22-38H2,1-5H3/p+1/b15-13-,21-20-. The number of hydrogen-bond acceptors (Lipinski definition) is 6. The van der Waals surface area contributed by atoms with E-state index >= 15 is 0 Å². The second kappa shape index (κ2) is 34.1. The van der Waals surface area contributed by atoms with Crippen LogP contribution in [0.5, 0.6) is 0 Å². The molecule has 0 rings (SSSR count). The number of esters is 1. The summed E-state index contributed by atoms with van der Waals surface area (Å²) >= 11 is 0. The lowest BCUT2D eigenvalue weighted by atomic mass is 10.1. The number of rotatable bonds is 37. The second-order valence-electron chi connectivity index (χ2n) is 14.7. The Labute approximate surface area is 303 Å². The van der Waals surface area contributed by atoms with Gasteiger partial charge in [0.1, 0.15) is 19.3 Å². The topological polar surface area (TPSA) is 91.3 Å². The van der Waals surface area contributed by atoms with Gasteiger partial charge in [0.25, 0.3) is 0 Å². The SMILES string of the molecule is CCCC/C=C\CCCCCCCCOCC(COP(=O)(O)OCC[N+](C)(C)C)OC(=O)CCCCCCC/C=C\CCCCCCCC. The molecule has 0 fully saturated rings. The fourth-order valence-corrected chi connectivity index (χ4v) is 6.03. The van der Waals surface area contributed by atoms with Crippen molar-refractivity contribution in [1.29, 1.82) is 0 Å². The third-order valence-corrected chi connectivity index (χ3v) is 9.47. The summed E-state index contributed by atoms with van der Waals surface area (Å²) in [6, 6.07) is 0. The van der Waals surface area contributed by atoms with E-state index in [1.165, 1.54) is 103 Å². The molecular formula is C40H79NO7P+. The zero-order valence-electron chi connectivity index (χ0n) is 32.7. The van der Waals surface area contributed by atoms with Crippen LogP contribution in [0.4, 0.5) is 0 Å². The number of phosphoric ester groups is 1. The molecule has 0 aromatic carbocycles. The molecule has 0 amide bonds. The largest absolute Gasteiger partial charge is 0.472 e. The normalized spacial score (nSPS) is 14.2. The van der Waals surface area contributed by atoms with Gasteiger partial charge in [0.2, 0.25) is 0 Å². The van der Waals surface area contributed by atoms with Gasteiger partial charge in [-0.1, -0.05) is 128 Å². The number of phosphoric acid groups is 1. The van der Waals surface area contributed by atoms with E-state index in [9.17, 15) is 14.3 Å². The first-order chi connectivity index (χ1) is 23.6. The van der Waals surface area contributed by atoms with Crippen LogP contribution in [0.1, 0.15) is 168 Å². The van der Waals surface area contributed by atoms with Crippen LogP contribution in [-0.2, 0) is 27.9 Å². The highest BCUT2D eigenvalue weighted by Crippen LogP contribution is 2.43. The summed E-state index contributed by atoms with van der Waals surface area (Å²) in [4.78, 5) is 22.8. The number of hydrogen-bond donors (Lipinski definition) is 1. The Morgan fingerprint density at radius 2 is 1.08 bits per heavy atom. The quantitative estimate of drug-likeness (QED) is 0.0225. The van der Waals surface area contributed by atoms with Gasteiger partial charge in [-0.2, -0.15) is 0 Å². The summed E-state index contributed by atoms with van der Waals surface area (Å²) in [6.45, 7) is 5.56. The van der Waals surface area contributed by atoms with E-state index in [0.29, 0.717) is 24.1 Å². The third kappa shape index (κ3) is 38.1. The molecule has 2 atom stereocenters. The smallest absolute Gasteiger partial charge is 0.457 e. The van der Waals surface area contributed by atoms with E-state index < -0.39 is 13.9 Å². The minimum Gasteiger partial charge on any atom is -0.457 e. The molecule has 0 aromatic heterocycles. The maximum Gasteiger partial charge on any atom is 0.472 e. The molecule has 0 aromatic rings. The Balaban J connectivity index is 4.30. The Morgan fingerprint density at radius 3 is 1.61 bits per heavy atom. The van der Waals surface area contributed by atoms with Crippen LogP contribution < -0.4 is 0 Å². The highest BCUT2D eigenvalue weighted by atomic mass is 31.2. The first-order valence-corrected chi connectivity index (χ1v) is 21.6. The highest BCUT2D eigenvalue weighted by molar-refractivity contribution is 7.47. The Morgan fingerprint density at radius 1 is 0.612 bits per heavy atom. The molecule has 290 valence electrons. The predicted octanol–water partition coefficient (Wildman–Crippen LogP) is 11.3. The Hall–Kier alpha value is -1.02. The molecule has 2 unspecified atom stereocenters. The van der Waals surface area contributed by atoms with E-state index in [0.717, 1.165) is 44.9 Å². The van der Waals surface area contributed by atoms with Gasteiger partial charge in [0.15, 0.2) is 0 Å². The Bertz CT molecular complexity index is 843. The average Bonchev–Trinajstić information content (AvgIpc) is 3.04. The van der Waals surface area contributed by atoms with Crippen LogP contribution in [0.25, 0.3) is 0 Å². The first-order valence-electron chi connectivity index (χ1n) is 20.1. The number of unbranched alkanes of at least 4 members (excludes halogenated alkanes) is 19. The van der Waals surface area contributed by atoms with E-state index in [4.69, 9.17) is 18.5 Å². The molecule has 0 aliphatic heterocycles. The van der Waals surface area contributed by atoms with Gasteiger partial charge in [-0.25, -0.2) is 4.57 Å². The first kappa shape index (κ1) is 48.0. The number of carbonyl (C=O) groups excluding carboxylic acids is 1. The maximum absolute atomic E-state index is 12.6. The van der Waals surface area contributed by atoms with Crippen LogP contribution in [-0.4, -0.2) is 75.6 Å². The van der Waals surface area contributed by atoms with E-state index in [1.54, 1.807) is 0 Å². The summed E-state index contributed by atoms with van der Waals surface area (Å²) < 4.78 is 34.9. The lowest BCUT2D eigenvalue weighted by molar-refractivity contribution is -0.870. The zero-order valence-corrected chi connectivity index (χ0v) is 33.6. The lowest BCUT2D eigenvalue weighted by Gasteiger charge is -2.24. The van der Waals surface area contributed by atoms with Crippen molar-refractivity contribution in [2.75, 3.05) is 54.1 Å². The van der Waals surface area contributed by atoms with Crippen molar-refractivity contribution in [3.05, 3.63) is 24.3 Å². The number of allylic oxidation sites excluding steroid dienone is 4. The van der Waals surface area contributed by atoms with Crippen LogP contribution in [0.2, 0.25) is 0 Å². The number of carbonyl (C=O) groups is 1. The lowest BCUT2D eigenvalue weighted by Crippen LogP contribution is -2.37. The predicted molar refractivity (Wildman–Crippen MR) is 206 cm³/mol. The van der Waals surface area contributed by atoms with Crippen molar-refractivity contribution >= 4 is 13.8 Å². The van der Waals surface area contributed by atoms with Crippen molar-refractivity contribution < 1.29 is 37.3 Å². The van der Waals surface area contributed by atoms with Crippen molar-refractivity contribution in [2.24, 2.45) is 0 Å². The highest BCUT2D eigenvalue weighted by Gasteiger charge is 2.26. The number of likely N-dealkylation sites (N-methyl/N-ethyl adjacent to an activating group) is 1. The van der Waals surface area contributed by atoms with Gasteiger partial charge in [-0.3, -0.25) is 13.8 Å². The molecule has 8 nitrogen and oxygen atoms in total. The van der Waals surface area contributed by atoms with Crippen LogP contribution in [0, 0.1) is 0 Å². The van der Waals surface area contributed by atoms with Crippen molar-refractivity contribution in [3.8, 4) is 0 Å². The van der Waals surface area contributed by atoms with Crippen LogP contribution in [0.15, 0.2) is 24.3 Å². The zero-order chi connectivity index (χ0) is 36.3. The number of nitrogens with zero attached hydrogens (tertiary/aromatic N) is 1. The van der Waals surface area contributed by atoms with Gasteiger partial charge >= 0.3 is 13.8 Å². The maximum atomic E-state index is 12.6. The van der Waals surface area contributed by atoms with Crippen LogP contribution >= 0.6 is 7.82 Å². The summed E-state index contributed by atoms with van der Waals surface area (Å²) in [5, 5.41) is 0. The molecule has 1 N–H and O–H groups in total. The van der Waals surface area contributed by atoms with Gasteiger partial charge in [-0.15, -0.1) is 0 Å². The summed E-state index contributed by atoms with van der Waals surface area (Å²) in [5.41, 5.74) is 0. The molecular weight excluding hydrogens is 637 g/mol. The monoisotopic (exact) mass is 717 g/mol. The van der Waals surface area contributed by atoms with E-state index in [-0.39, 0.29) is 25.8 Å². The molecule has 9 heteroatoms. The summed E-state index contributed by atoms with van der Waals surface area (Å²) in [6.07, 6.45) is 36.3. The fourth-order valence-electron chi connectivity index (χ4n) is 5.29. The second-order valence-corrected chi connectivity index (χ2v) is 16.1. The van der Waals surface area contributed by atoms with Crippen molar-refractivity contribution in [1.82, 2.24) is 0 Å². The van der Waals surface area contributed by atoms with Gasteiger partial charge in [0.05, 0.1) is 34.4 Å². The van der Waals surface area contributed by atoms with Crippen molar-refractivity contribution in [2.45, 2.75) is 174 Å². The minimum atomic E-state index is -4.27. The van der Waals surface area contributed by atoms with Crippen LogP contribution in [0.3, 0.4) is 0 Å². The van der Waals surface area contributed by atoms with Gasteiger partial charge in [-0.05, 0) is 57.8 Å². The minimum absolute atomic E-state index is 0.0867. The molecule has 0 bridgehead atoms. The molecule has 0 saturated heterocycles. The fraction of sp³-hybridized carbons (Fsp3) is 0.875. The Kier molecular flexibility index (Phi) is 33.4. The molecule has 0 aliphatic carbocycles. The van der Waals surface area contributed by atoms with Crippen molar-refractivity contribution in [3.63, 3.8) is 0 Å². The molecule has 0 saturated carbocycles. The number of ether oxygens (including phenoxy) is 2. The molecule has 0 spiro atoms. The molecule has 49 heavy (non-hydrogen) atoms. The average molecular weight is 717 g/mol. The number of quaternary nitrogens is 1. The molecule has 0 radical (unpaired) electrons. The van der Waals surface area contributed by atoms with E-state index in [2.05, 4.69) is 38.2 Å². The summed E-state index contributed by atoms with van der Waals surface area (Å²) in [5.74, 6) is -0.325. The van der Waals surface area contributed by atoms with E-state index in [1.807, 2.05) is 21.1 Å². The molecule has 0 aliphatic rings. The molecule has 0 heterocycles. The summed E-state index contributed by atoms with van der Waals surface area (Å²) in [7, 11) is 1.66. The van der Waals surface area contributed by atoms with Gasteiger partial charge in [0, 0.05) is 13.0 Å². The van der Waals surface area contributed by atoms with Gasteiger partial charge < -0.3 is 18.9 Å². The third-order valence-electron chi connectivity index (χ3n) is 8.49.